The maximum absolute atomic E-state index is 13.5. The standard InChI is InChI=1S/2C29H26N6O.2C28H25N7O/c2*1-19-9-12-35(18-19)25-14-20(2)13-24(16-25)32-28(36)22-7-6-21(3)27(15-22)34-29-31-11-8-26(33-29)23-5-4-10-30-17-23;2*1-18-11-23(14-24(12-18)35-16-20(3)31-17-35)32-27(36)21-7-6-19(2)26(13-21)34-28-30-10-8-25(33-28)22-5-4-9-29-15-22/h2*4-18H,1-3H3,(H,32,36)(H,31,33,34);2*4-17H,1-3H3,(H,32,36)(H,30,33,34)/i4D,5D,10D,12D,13D,14D,16D,17D,18D;3D3,4D,5D,10D,13D,14D,16D,17D;2D3,4D,5D,9D,11D,12D,14D,15D;4D,5D,9D,11D,12D,14D,15D. The minimum Gasteiger partial charge on any atom is -0.324 e. The van der Waals surface area contributed by atoms with Crippen LogP contribution in [0.3, 0.4) is 0 Å². The van der Waals surface area contributed by atoms with Crippen molar-refractivity contribution >= 4 is 92.9 Å². The Morgan fingerprint density at radius 2 is 0.611 bits per heavy atom. The van der Waals surface area contributed by atoms with Gasteiger partial charge < -0.3 is 60.8 Å². The molecule has 0 aliphatic heterocycles. The molecule has 0 unspecified atom stereocenters. The minimum absolute atomic E-state index is 0.00473. The Balaban J connectivity index is 0.000000158. The lowest BCUT2D eigenvalue weighted by Crippen LogP contribution is -2.13. The zero-order chi connectivity index (χ0) is 131. The van der Waals surface area contributed by atoms with Crippen molar-refractivity contribution < 1.29 is 68.5 Å². The van der Waals surface area contributed by atoms with Crippen molar-refractivity contribution in [3.63, 3.8) is 0 Å². The molecule has 0 fully saturated rings. The Kier molecular flexibility index (Phi) is 18.9. The van der Waals surface area contributed by atoms with E-state index >= 15 is 0 Å². The van der Waals surface area contributed by atoms with Crippen LogP contribution < -0.4 is 42.5 Å². The summed E-state index contributed by atoms with van der Waals surface area (Å²) in [7, 11) is 0. The lowest BCUT2D eigenvalue weighted by molar-refractivity contribution is 0.101. The molecule has 0 aliphatic carbocycles. The Bertz CT molecular complexity index is 10000. The molecule has 0 saturated carbocycles. The van der Waals surface area contributed by atoms with E-state index in [-0.39, 0.29) is 285 Å². The van der Waals surface area contributed by atoms with E-state index in [4.69, 9.17) is 49.3 Å². The van der Waals surface area contributed by atoms with Gasteiger partial charge in [-0.25, -0.2) is 49.8 Å². The van der Waals surface area contributed by atoms with Crippen LogP contribution in [0.5, 0.6) is 0 Å². The van der Waals surface area contributed by atoms with Gasteiger partial charge in [-0.3, -0.25) is 39.1 Å². The van der Waals surface area contributed by atoms with Crippen molar-refractivity contribution in [2.24, 2.45) is 0 Å². The number of aryl methyl sites for hydroxylation is 8. The number of anilines is 12. The average molecular weight is 1940 g/mol. The molecular weight excluding hydrogens is 1800 g/mol. The summed E-state index contributed by atoms with van der Waals surface area (Å²) in [6.07, 6.45) is 11.2. The number of aromatic nitrogens is 18. The number of hydrogen-bond acceptors (Lipinski definition) is 22. The maximum atomic E-state index is 13.5. The minimum atomic E-state index is -2.63. The third-order valence-electron chi connectivity index (χ3n) is 20.4. The van der Waals surface area contributed by atoms with Gasteiger partial charge in [0.1, 0.15) is 0 Å². The van der Waals surface area contributed by atoms with Gasteiger partial charge in [-0.2, -0.15) is 0 Å². The first-order valence-corrected chi connectivity index (χ1v) is 43.4. The molecule has 8 N–H and O–H groups in total. The van der Waals surface area contributed by atoms with Crippen LogP contribution in [0.2, 0.25) is 0 Å². The predicted molar refractivity (Wildman–Crippen MR) is 567 cm³/mol. The van der Waals surface area contributed by atoms with E-state index in [2.05, 4.69) is 112 Å². The van der Waals surface area contributed by atoms with E-state index in [1.165, 1.54) is 133 Å². The summed E-state index contributed by atoms with van der Waals surface area (Å²) >= 11 is 0. The molecule has 0 saturated heterocycles. The first kappa shape index (κ1) is 61.1. The molecule has 0 atom stereocenters. The van der Waals surface area contributed by atoms with Gasteiger partial charge in [-0.15, -0.1) is 0 Å². The molecule has 4 amide bonds. The van der Waals surface area contributed by atoms with Gasteiger partial charge in [0.15, 0.2) is 0 Å². The van der Waals surface area contributed by atoms with E-state index in [0.29, 0.717) is 39.5 Å². The van der Waals surface area contributed by atoms with Gasteiger partial charge in [-0.05, 0) is 344 Å². The van der Waals surface area contributed by atoms with Crippen molar-refractivity contribution in [3.8, 4) is 67.8 Å². The highest BCUT2D eigenvalue weighted by molar-refractivity contribution is 6.08. The summed E-state index contributed by atoms with van der Waals surface area (Å²) in [5.74, 6) is -2.86. The van der Waals surface area contributed by atoms with E-state index in [0.717, 1.165) is 15.7 Å². The highest BCUT2D eigenvalue weighted by Gasteiger charge is 2.20. The first-order chi connectivity index (χ1) is 84.7. The van der Waals surface area contributed by atoms with Crippen LogP contribution >= 0.6 is 0 Å². The Labute approximate surface area is 883 Å². The van der Waals surface area contributed by atoms with Crippen molar-refractivity contribution in [2.45, 2.75) is 82.9 Å². The second-order valence-corrected chi connectivity index (χ2v) is 31.5. The Morgan fingerprint density at radius 3 is 0.896 bits per heavy atom. The molecule has 0 spiro atoms. The largest absolute Gasteiger partial charge is 0.324 e. The molecular formula is C114H102N26O4. The fourth-order valence-electron chi connectivity index (χ4n) is 13.5. The second-order valence-electron chi connectivity index (χ2n) is 31.5. The first-order valence-electron chi connectivity index (χ1n) is 61.4. The van der Waals surface area contributed by atoms with Gasteiger partial charge >= 0.3 is 0 Å². The maximum Gasteiger partial charge on any atom is 0.255 e. The lowest BCUT2D eigenvalue weighted by Gasteiger charge is -2.13. The normalized spacial score (nSPS) is 14.5. The molecule has 0 radical (unpaired) electrons. The summed E-state index contributed by atoms with van der Waals surface area (Å²) in [4.78, 5) is 111. The number of rotatable bonds is 24. The van der Waals surface area contributed by atoms with Crippen molar-refractivity contribution in [3.05, 3.63) is 443 Å². The Hall–Kier alpha value is -19.3. The van der Waals surface area contributed by atoms with Crippen LogP contribution in [0.15, 0.2) is 354 Å². The predicted octanol–water partition coefficient (Wildman–Crippen LogP) is 23.8. The molecule has 0 aliphatic rings. The zero-order valence-corrected chi connectivity index (χ0v) is 77.8. The number of amides is 4. The van der Waals surface area contributed by atoms with Gasteiger partial charge in [0.25, 0.3) is 23.6 Å². The zero-order valence-electron chi connectivity index (χ0n) is 114. The number of benzene rings is 8. The molecule has 20 rings (SSSR count). The van der Waals surface area contributed by atoms with Crippen molar-refractivity contribution in [1.29, 1.82) is 0 Å². The third kappa shape index (κ3) is 25.2. The monoisotopic (exact) mass is 1940 g/mol. The topological polar surface area (TPSA) is 365 Å². The summed E-state index contributed by atoms with van der Waals surface area (Å²) in [6, 6.07) is 20.5. The van der Waals surface area contributed by atoms with E-state index in [9.17, 15) is 19.2 Å². The highest BCUT2D eigenvalue weighted by Crippen LogP contribution is 2.33. The third-order valence-corrected chi connectivity index (χ3v) is 20.4. The highest BCUT2D eigenvalue weighted by atomic mass is 16.2. The molecule has 712 valence electrons. The average Bonchev–Trinajstić information content (AvgIpc) is 1.53. The number of pyridine rings is 4. The van der Waals surface area contributed by atoms with Gasteiger partial charge in [0, 0.05) is 232 Å². The van der Waals surface area contributed by atoms with Crippen LogP contribution in [0.1, 0.15) is 158 Å². The van der Waals surface area contributed by atoms with E-state index in [1.807, 2.05) is 6.92 Å². The molecule has 0 bridgehead atoms. The number of nitrogens with zero attached hydrogens (tertiary/aromatic N) is 18. The number of nitrogens with one attached hydrogen (secondary N) is 8. The molecule has 8 aromatic carbocycles. The fourth-order valence-corrected chi connectivity index (χ4v) is 13.5. The van der Waals surface area contributed by atoms with Gasteiger partial charge in [0.05, 0.1) is 87.9 Å². The smallest absolute Gasteiger partial charge is 0.255 e. The van der Waals surface area contributed by atoms with Crippen LogP contribution in [-0.2, 0) is 0 Å². The lowest BCUT2D eigenvalue weighted by atomic mass is 10.1. The summed E-state index contributed by atoms with van der Waals surface area (Å²) in [6.45, 7) is 11.5. The van der Waals surface area contributed by atoms with Crippen molar-refractivity contribution in [1.82, 2.24) is 88.0 Å². The molecule has 30 heteroatoms. The SMILES string of the molecule is [2H]c1nc([2H])c(-c2ccnc(Nc3cc(C(=O)Nc4c([2H])c(C)c([2H])c(-n5c([2H])cc(C)c5[2H])c4[2H])ccc3C)n2)c([2H])c1[2H].[2H]c1nc([2H])c(-c2ccnc(Nc3cc(C(=O)Nc4c([2H])c(C)c([2H])c(-n5ccc(C)c5)c4[2H])ccc3C([2H])([2H])[2H])n2)c([2H])c1[2H].[2H]c1nc([2H])c(-c2ccnc(Nc3cc(C(=O)Nc4c([2H])c(C)c([2H])c(-n5cnc(C)c5)c4[2H])ccc3C([2H])([2H])[2H])n2)c([2H])c1[2H].[2H]c1nc([2H])c(-c2ccnc(Nc3cc(C(=O)Nc4c([2H])c(C)c([2H])c(-n5cnc(C)c5)c4[2H])ccc3C)n2)c([2H])c1[2H]. The number of imidazole rings is 2. The van der Waals surface area contributed by atoms with E-state index < -0.39 is 111 Å². The van der Waals surface area contributed by atoms with Crippen LogP contribution in [0.25, 0.3) is 67.8 Å². The fraction of sp³-hybridized carbons (Fsp3) is 0.105. The molecule has 20 aromatic rings. The quantitative estimate of drug-likeness (QED) is 0.0278. The van der Waals surface area contributed by atoms with Crippen molar-refractivity contribution in [2.75, 3.05) is 42.5 Å². The van der Waals surface area contributed by atoms with E-state index in [1.54, 1.807) is 114 Å². The summed E-state index contributed by atoms with van der Waals surface area (Å²) < 4.78 is 301. The van der Waals surface area contributed by atoms with Crippen LogP contribution in [0, 0.1) is 82.9 Å². The Morgan fingerprint density at radius 1 is 0.306 bits per heavy atom. The number of carbonyl (C=O) groups is 4. The second kappa shape index (κ2) is 44.5. The van der Waals surface area contributed by atoms with Crippen LogP contribution in [0.4, 0.5) is 69.3 Å². The molecule has 30 nitrogen and oxygen atoms in total. The van der Waals surface area contributed by atoms with Gasteiger partial charge in [0.2, 0.25) is 23.8 Å². The molecule has 12 heterocycles. The van der Waals surface area contributed by atoms with Gasteiger partial charge in [-0.1, -0.05) is 24.3 Å². The molecule has 144 heavy (non-hydrogen) atoms. The summed E-state index contributed by atoms with van der Waals surface area (Å²) in [5.41, 5.74) is 5.94. The number of hydrogen-bond donors (Lipinski definition) is 8. The molecule has 12 aromatic heterocycles. The number of carbonyl (C=O) groups excluding carboxylic acids is 4. The summed E-state index contributed by atoms with van der Waals surface area (Å²) in [5, 5.41) is 22.1. The van der Waals surface area contributed by atoms with Crippen LogP contribution in [-0.4, -0.2) is 112 Å².